The van der Waals surface area contributed by atoms with Crippen molar-refractivity contribution in [3.05, 3.63) is 77.9 Å². The van der Waals surface area contributed by atoms with Crippen LogP contribution in [-0.2, 0) is 9.59 Å². The first kappa shape index (κ1) is 13.9. The maximum absolute atomic E-state index is 12.3. The minimum absolute atomic E-state index is 0.173. The Morgan fingerprint density at radius 2 is 1.95 bits per heavy atom. The van der Waals surface area contributed by atoms with Crippen LogP contribution in [0, 0.1) is 5.92 Å². The van der Waals surface area contributed by atoms with Gasteiger partial charge in [-0.25, -0.2) is 0 Å². The van der Waals surface area contributed by atoms with Crippen molar-refractivity contribution in [2.45, 2.75) is 6.92 Å². The SMILES string of the molecule is C=C(C)C(=O)C1=CC=CC(C=Cc2ccccc2)C1=O. The molecule has 20 heavy (non-hydrogen) atoms. The fraction of sp³-hybridized carbons (Fsp3) is 0.111. The Bertz CT molecular complexity index is 631. The fourth-order valence-electron chi connectivity index (χ4n) is 1.97. The highest BCUT2D eigenvalue weighted by Gasteiger charge is 2.25. The van der Waals surface area contributed by atoms with Gasteiger partial charge < -0.3 is 0 Å². The van der Waals surface area contributed by atoms with E-state index >= 15 is 0 Å². The van der Waals surface area contributed by atoms with Crippen LogP contribution in [0.4, 0.5) is 0 Å². The summed E-state index contributed by atoms with van der Waals surface area (Å²) in [5, 5.41) is 0. The van der Waals surface area contributed by atoms with Crippen LogP contribution in [0.2, 0.25) is 0 Å². The molecule has 0 amide bonds. The van der Waals surface area contributed by atoms with E-state index in [1.165, 1.54) is 0 Å². The second-order valence-electron chi connectivity index (χ2n) is 4.73. The van der Waals surface area contributed by atoms with E-state index in [0.717, 1.165) is 5.56 Å². The number of carbonyl (C=O) groups excluding carboxylic acids is 2. The van der Waals surface area contributed by atoms with Crippen molar-refractivity contribution >= 4 is 17.6 Å². The minimum Gasteiger partial charge on any atom is -0.293 e. The molecule has 0 heterocycles. The lowest BCUT2D eigenvalue weighted by molar-refractivity contribution is -0.120. The minimum atomic E-state index is -0.390. The lowest BCUT2D eigenvalue weighted by Gasteiger charge is -2.13. The number of Topliss-reactive ketones (excluding diaryl/α,β-unsaturated/α-hetero) is 2. The first-order chi connectivity index (χ1) is 9.59. The van der Waals surface area contributed by atoms with Crippen LogP contribution in [0.1, 0.15) is 12.5 Å². The number of benzene rings is 1. The Hall–Kier alpha value is -2.48. The van der Waals surface area contributed by atoms with Gasteiger partial charge in [-0.3, -0.25) is 9.59 Å². The van der Waals surface area contributed by atoms with Gasteiger partial charge in [0.15, 0.2) is 11.6 Å². The van der Waals surface area contributed by atoms with Gasteiger partial charge in [0.1, 0.15) is 0 Å². The number of rotatable bonds is 4. The summed E-state index contributed by atoms with van der Waals surface area (Å²) < 4.78 is 0. The summed E-state index contributed by atoms with van der Waals surface area (Å²) in [5.41, 5.74) is 1.62. The van der Waals surface area contributed by atoms with Crippen LogP contribution >= 0.6 is 0 Å². The highest BCUT2D eigenvalue weighted by Crippen LogP contribution is 2.20. The number of carbonyl (C=O) groups is 2. The molecule has 1 aliphatic carbocycles. The average Bonchev–Trinajstić information content (AvgIpc) is 2.46. The van der Waals surface area contributed by atoms with E-state index in [4.69, 9.17) is 0 Å². The van der Waals surface area contributed by atoms with Crippen LogP contribution < -0.4 is 0 Å². The fourth-order valence-corrected chi connectivity index (χ4v) is 1.97. The third-order valence-electron chi connectivity index (χ3n) is 3.08. The summed E-state index contributed by atoms with van der Waals surface area (Å²) in [6.07, 6.45) is 8.80. The van der Waals surface area contributed by atoms with Gasteiger partial charge in [-0.1, -0.05) is 61.2 Å². The van der Waals surface area contributed by atoms with Gasteiger partial charge in [0.2, 0.25) is 0 Å². The van der Waals surface area contributed by atoms with E-state index in [0.29, 0.717) is 5.57 Å². The zero-order valence-electron chi connectivity index (χ0n) is 11.4. The van der Waals surface area contributed by atoms with Crippen molar-refractivity contribution in [3.63, 3.8) is 0 Å². The molecular weight excluding hydrogens is 248 g/mol. The Kier molecular flexibility index (Phi) is 4.26. The van der Waals surface area contributed by atoms with Crippen LogP contribution in [-0.4, -0.2) is 11.6 Å². The summed E-state index contributed by atoms with van der Waals surface area (Å²) in [6.45, 7) is 5.21. The molecule has 0 saturated heterocycles. The Balaban J connectivity index is 2.17. The predicted octanol–water partition coefficient (Wildman–Crippen LogP) is 3.53. The topological polar surface area (TPSA) is 34.1 Å². The van der Waals surface area contributed by atoms with Crippen LogP contribution in [0.15, 0.2) is 72.4 Å². The third kappa shape index (κ3) is 3.09. The molecule has 2 heteroatoms. The first-order valence-corrected chi connectivity index (χ1v) is 6.46. The monoisotopic (exact) mass is 264 g/mol. The molecule has 1 aromatic rings. The summed E-state index contributed by atoms with van der Waals surface area (Å²) in [4.78, 5) is 24.1. The second-order valence-corrected chi connectivity index (χ2v) is 4.73. The van der Waals surface area contributed by atoms with Crippen LogP contribution in [0.5, 0.6) is 0 Å². The zero-order chi connectivity index (χ0) is 14.5. The summed E-state index contributed by atoms with van der Waals surface area (Å²) in [5.74, 6) is -0.844. The van der Waals surface area contributed by atoms with Gasteiger partial charge in [-0.05, 0) is 24.1 Å². The van der Waals surface area contributed by atoms with Gasteiger partial charge in [0, 0.05) is 0 Å². The smallest absolute Gasteiger partial charge is 0.191 e. The second kappa shape index (κ2) is 6.11. The van der Waals surface area contributed by atoms with E-state index in [-0.39, 0.29) is 17.1 Å². The summed E-state index contributed by atoms with van der Waals surface area (Å²) in [6, 6.07) is 9.74. The Morgan fingerprint density at radius 1 is 1.25 bits per heavy atom. The number of ketones is 2. The first-order valence-electron chi connectivity index (χ1n) is 6.46. The molecule has 1 atom stereocenters. The number of hydrogen-bond donors (Lipinski definition) is 0. The predicted molar refractivity (Wildman–Crippen MR) is 81.0 cm³/mol. The van der Waals surface area contributed by atoms with E-state index in [2.05, 4.69) is 6.58 Å². The zero-order valence-corrected chi connectivity index (χ0v) is 11.4. The van der Waals surface area contributed by atoms with Crippen molar-refractivity contribution in [2.24, 2.45) is 5.92 Å². The highest BCUT2D eigenvalue weighted by atomic mass is 16.1. The Morgan fingerprint density at radius 3 is 2.60 bits per heavy atom. The molecule has 1 aromatic carbocycles. The van der Waals surface area contributed by atoms with Crippen molar-refractivity contribution in [1.82, 2.24) is 0 Å². The van der Waals surface area contributed by atoms with Gasteiger partial charge in [0.05, 0.1) is 11.5 Å². The molecule has 0 spiro atoms. The number of hydrogen-bond acceptors (Lipinski definition) is 2. The maximum Gasteiger partial charge on any atom is 0.191 e. The van der Waals surface area contributed by atoms with Crippen molar-refractivity contribution in [2.75, 3.05) is 0 Å². The van der Waals surface area contributed by atoms with E-state index < -0.39 is 5.92 Å². The van der Waals surface area contributed by atoms with Crippen LogP contribution in [0.25, 0.3) is 6.08 Å². The standard InChI is InChI=1S/C18H16O2/c1-13(2)17(19)16-10-6-9-15(18(16)20)12-11-14-7-4-3-5-8-14/h3-12,15H,1H2,2H3. The van der Waals surface area contributed by atoms with Gasteiger partial charge in [-0.15, -0.1) is 0 Å². The third-order valence-corrected chi connectivity index (χ3v) is 3.08. The highest BCUT2D eigenvalue weighted by molar-refractivity contribution is 6.27. The molecular formula is C18H16O2. The molecule has 100 valence electrons. The molecule has 0 aromatic heterocycles. The van der Waals surface area contributed by atoms with Gasteiger partial charge >= 0.3 is 0 Å². The molecule has 0 radical (unpaired) electrons. The molecule has 0 N–H and O–H groups in total. The van der Waals surface area contributed by atoms with E-state index in [1.807, 2.05) is 42.5 Å². The molecule has 1 aliphatic rings. The molecule has 0 bridgehead atoms. The Labute approximate surface area is 118 Å². The molecule has 0 fully saturated rings. The quantitative estimate of drug-likeness (QED) is 0.616. The molecule has 2 nitrogen and oxygen atoms in total. The van der Waals surface area contributed by atoms with Crippen molar-refractivity contribution in [3.8, 4) is 0 Å². The van der Waals surface area contributed by atoms with Crippen molar-refractivity contribution < 1.29 is 9.59 Å². The molecule has 2 rings (SSSR count). The lowest BCUT2D eigenvalue weighted by atomic mass is 9.88. The average molecular weight is 264 g/mol. The van der Waals surface area contributed by atoms with Crippen molar-refractivity contribution in [1.29, 1.82) is 0 Å². The van der Waals surface area contributed by atoms with E-state index in [1.54, 1.807) is 25.2 Å². The molecule has 0 aliphatic heterocycles. The summed E-state index contributed by atoms with van der Waals surface area (Å²) >= 11 is 0. The molecule has 0 saturated carbocycles. The van der Waals surface area contributed by atoms with Crippen LogP contribution in [0.3, 0.4) is 0 Å². The maximum atomic E-state index is 12.3. The largest absolute Gasteiger partial charge is 0.293 e. The van der Waals surface area contributed by atoms with Gasteiger partial charge in [-0.2, -0.15) is 0 Å². The summed E-state index contributed by atoms with van der Waals surface area (Å²) in [7, 11) is 0. The van der Waals surface area contributed by atoms with Gasteiger partial charge in [0.25, 0.3) is 0 Å². The normalized spacial score (nSPS) is 18.1. The van der Waals surface area contributed by atoms with E-state index in [9.17, 15) is 9.59 Å². The molecule has 1 unspecified atom stereocenters. The lowest BCUT2D eigenvalue weighted by Crippen LogP contribution is -2.21. The number of allylic oxidation sites excluding steroid dienone is 6.